The quantitative estimate of drug-likeness (QED) is 0.619. The van der Waals surface area contributed by atoms with Crippen LogP contribution in [0.3, 0.4) is 0 Å². The number of nitrogens with zero attached hydrogens (tertiary/aromatic N) is 2. The Bertz CT molecular complexity index is 455. The predicted octanol–water partition coefficient (Wildman–Crippen LogP) is 2.13. The monoisotopic (exact) mass is 252 g/mol. The summed E-state index contributed by atoms with van der Waals surface area (Å²) in [6.07, 6.45) is 0. The number of carbonyl (C=O) groups is 1. The van der Waals surface area contributed by atoms with E-state index < -0.39 is 10.9 Å². The normalized spacial score (nSPS) is 10.6. The van der Waals surface area contributed by atoms with E-state index in [2.05, 4.69) is 0 Å². The van der Waals surface area contributed by atoms with Gasteiger partial charge in [-0.05, 0) is 19.2 Å². The molecule has 0 aliphatic carbocycles. The second-order valence-corrected chi connectivity index (χ2v) is 3.87. The first-order valence-electron chi connectivity index (χ1n) is 5.72. The van der Waals surface area contributed by atoms with Gasteiger partial charge in [-0.1, -0.05) is 19.9 Å². The number of aromatic carboxylic acids is 1. The Hall–Kier alpha value is -1.95. The van der Waals surface area contributed by atoms with Crippen molar-refractivity contribution in [2.24, 2.45) is 0 Å². The molecular formula is C12H16N2O4. The van der Waals surface area contributed by atoms with Crippen molar-refractivity contribution in [3.8, 4) is 0 Å². The minimum Gasteiger partial charge on any atom is -0.478 e. The largest absolute Gasteiger partial charge is 0.478 e. The van der Waals surface area contributed by atoms with Crippen LogP contribution in [-0.4, -0.2) is 34.0 Å². The van der Waals surface area contributed by atoms with Crippen molar-refractivity contribution in [1.82, 2.24) is 4.90 Å². The Labute approximate surface area is 105 Å². The highest BCUT2D eigenvalue weighted by molar-refractivity contribution is 5.88. The van der Waals surface area contributed by atoms with Crippen molar-refractivity contribution < 1.29 is 14.8 Å². The third-order valence-corrected chi connectivity index (χ3v) is 2.82. The summed E-state index contributed by atoms with van der Waals surface area (Å²) in [7, 11) is 0. The molecule has 98 valence electrons. The molecule has 0 amide bonds. The third kappa shape index (κ3) is 3.27. The van der Waals surface area contributed by atoms with E-state index >= 15 is 0 Å². The Morgan fingerprint density at radius 3 is 2.44 bits per heavy atom. The SMILES string of the molecule is CCN(CC)Cc1ccc(C(=O)O)cc1[N+](=O)[O-]. The molecule has 0 aliphatic rings. The van der Waals surface area contributed by atoms with Crippen molar-refractivity contribution in [1.29, 1.82) is 0 Å². The highest BCUT2D eigenvalue weighted by Crippen LogP contribution is 2.22. The van der Waals surface area contributed by atoms with E-state index in [1.165, 1.54) is 12.1 Å². The molecule has 1 N–H and O–H groups in total. The summed E-state index contributed by atoms with van der Waals surface area (Å²) in [6.45, 7) is 5.97. The van der Waals surface area contributed by atoms with Crippen LogP contribution in [-0.2, 0) is 6.54 Å². The van der Waals surface area contributed by atoms with Crippen molar-refractivity contribution in [3.63, 3.8) is 0 Å². The first kappa shape index (κ1) is 14.1. The molecule has 0 saturated heterocycles. The van der Waals surface area contributed by atoms with E-state index in [1.807, 2.05) is 18.7 Å². The molecule has 0 spiro atoms. The molecule has 0 bridgehead atoms. The Morgan fingerprint density at radius 2 is 2.00 bits per heavy atom. The van der Waals surface area contributed by atoms with Gasteiger partial charge in [0.1, 0.15) is 0 Å². The zero-order valence-electron chi connectivity index (χ0n) is 10.4. The lowest BCUT2D eigenvalue weighted by atomic mass is 10.1. The number of nitro benzene ring substituents is 1. The van der Waals surface area contributed by atoms with Gasteiger partial charge in [-0.3, -0.25) is 15.0 Å². The van der Waals surface area contributed by atoms with Gasteiger partial charge >= 0.3 is 5.97 Å². The summed E-state index contributed by atoms with van der Waals surface area (Å²) in [5.74, 6) is -1.16. The molecule has 0 heterocycles. The third-order valence-electron chi connectivity index (χ3n) is 2.82. The van der Waals surface area contributed by atoms with Gasteiger partial charge < -0.3 is 5.11 Å². The predicted molar refractivity (Wildman–Crippen MR) is 66.7 cm³/mol. The van der Waals surface area contributed by atoms with Crippen molar-refractivity contribution in [2.75, 3.05) is 13.1 Å². The zero-order chi connectivity index (χ0) is 13.7. The van der Waals surface area contributed by atoms with E-state index in [0.717, 1.165) is 19.2 Å². The second-order valence-electron chi connectivity index (χ2n) is 3.87. The summed E-state index contributed by atoms with van der Waals surface area (Å²) in [5, 5.41) is 19.8. The highest BCUT2D eigenvalue weighted by atomic mass is 16.6. The molecule has 0 atom stereocenters. The summed E-state index contributed by atoms with van der Waals surface area (Å²) >= 11 is 0. The van der Waals surface area contributed by atoms with Crippen molar-refractivity contribution in [2.45, 2.75) is 20.4 Å². The molecule has 6 nitrogen and oxygen atoms in total. The Kier molecular flexibility index (Phi) is 4.79. The molecule has 1 aromatic rings. The fourth-order valence-corrected chi connectivity index (χ4v) is 1.69. The molecule has 0 radical (unpaired) electrons. The van der Waals surface area contributed by atoms with Gasteiger partial charge in [0.2, 0.25) is 0 Å². The molecule has 0 saturated carbocycles. The van der Waals surface area contributed by atoms with Crippen molar-refractivity contribution in [3.05, 3.63) is 39.4 Å². The van der Waals surface area contributed by atoms with Crippen LogP contribution < -0.4 is 0 Å². The molecule has 0 fully saturated rings. The average molecular weight is 252 g/mol. The summed E-state index contributed by atoms with van der Waals surface area (Å²) in [4.78, 5) is 23.2. The molecular weight excluding hydrogens is 236 g/mol. The van der Waals surface area contributed by atoms with Crippen LogP contribution in [0.1, 0.15) is 29.8 Å². The van der Waals surface area contributed by atoms with Gasteiger partial charge in [-0.2, -0.15) is 0 Å². The van der Waals surface area contributed by atoms with Gasteiger partial charge in [0.25, 0.3) is 5.69 Å². The second kappa shape index (κ2) is 6.11. The maximum Gasteiger partial charge on any atom is 0.335 e. The highest BCUT2D eigenvalue weighted by Gasteiger charge is 2.18. The van der Waals surface area contributed by atoms with Gasteiger partial charge in [0.05, 0.1) is 10.5 Å². The lowest BCUT2D eigenvalue weighted by Crippen LogP contribution is -2.22. The fraction of sp³-hybridized carbons (Fsp3) is 0.417. The number of nitro groups is 1. The maximum absolute atomic E-state index is 10.9. The lowest BCUT2D eigenvalue weighted by molar-refractivity contribution is -0.385. The van der Waals surface area contributed by atoms with E-state index in [0.29, 0.717) is 12.1 Å². The van der Waals surface area contributed by atoms with E-state index in [-0.39, 0.29) is 11.3 Å². The molecule has 0 unspecified atom stereocenters. The number of rotatable bonds is 6. The minimum atomic E-state index is -1.16. The van der Waals surface area contributed by atoms with E-state index in [9.17, 15) is 14.9 Å². The first-order chi connectivity index (χ1) is 8.49. The standard InChI is InChI=1S/C12H16N2O4/c1-3-13(4-2)8-10-6-5-9(12(15)16)7-11(10)14(17)18/h5-7H,3-4,8H2,1-2H3,(H,15,16). The maximum atomic E-state index is 10.9. The van der Waals surface area contributed by atoms with Gasteiger partial charge in [0, 0.05) is 18.2 Å². The van der Waals surface area contributed by atoms with Crippen LogP contribution >= 0.6 is 0 Å². The fourth-order valence-electron chi connectivity index (χ4n) is 1.69. The number of hydrogen-bond acceptors (Lipinski definition) is 4. The Balaban J connectivity index is 3.11. The van der Waals surface area contributed by atoms with Crippen molar-refractivity contribution >= 4 is 11.7 Å². The van der Waals surface area contributed by atoms with Crippen LogP contribution in [0.4, 0.5) is 5.69 Å². The topological polar surface area (TPSA) is 83.7 Å². The van der Waals surface area contributed by atoms with Crippen LogP contribution in [0.5, 0.6) is 0 Å². The number of carboxylic acids is 1. The molecule has 0 aromatic heterocycles. The molecule has 6 heteroatoms. The smallest absolute Gasteiger partial charge is 0.335 e. The van der Waals surface area contributed by atoms with E-state index in [4.69, 9.17) is 5.11 Å². The van der Waals surface area contributed by atoms with Gasteiger partial charge in [-0.25, -0.2) is 4.79 Å². The molecule has 0 aliphatic heterocycles. The average Bonchev–Trinajstić information content (AvgIpc) is 2.35. The van der Waals surface area contributed by atoms with Crippen LogP contribution in [0.25, 0.3) is 0 Å². The number of hydrogen-bond donors (Lipinski definition) is 1. The molecule has 1 rings (SSSR count). The zero-order valence-corrected chi connectivity index (χ0v) is 10.4. The van der Waals surface area contributed by atoms with Crippen LogP contribution in [0, 0.1) is 10.1 Å². The van der Waals surface area contributed by atoms with Crippen LogP contribution in [0.2, 0.25) is 0 Å². The number of carboxylic acid groups (broad SMARTS) is 1. The van der Waals surface area contributed by atoms with Gasteiger partial charge in [-0.15, -0.1) is 0 Å². The lowest BCUT2D eigenvalue weighted by Gasteiger charge is -2.17. The van der Waals surface area contributed by atoms with Gasteiger partial charge in [0.15, 0.2) is 0 Å². The number of benzene rings is 1. The minimum absolute atomic E-state index is 0.0648. The molecule has 18 heavy (non-hydrogen) atoms. The summed E-state index contributed by atoms with van der Waals surface area (Å²) < 4.78 is 0. The summed E-state index contributed by atoms with van der Waals surface area (Å²) in [6, 6.07) is 4.02. The first-order valence-corrected chi connectivity index (χ1v) is 5.72. The Morgan fingerprint density at radius 1 is 1.39 bits per heavy atom. The van der Waals surface area contributed by atoms with Crippen LogP contribution in [0.15, 0.2) is 18.2 Å². The molecule has 1 aromatic carbocycles. The van der Waals surface area contributed by atoms with E-state index in [1.54, 1.807) is 0 Å². The summed E-state index contributed by atoms with van der Waals surface area (Å²) in [5.41, 5.74) is 0.334.